The lowest BCUT2D eigenvalue weighted by Crippen LogP contribution is -2.57. The van der Waals surface area contributed by atoms with Crippen LogP contribution in [0, 0.1) is 0 Å². The molecular weight excluding hydrogens is 271 g/mol. The summed E-state index contributed by atoms with van der Waals surface area (Å²) in [5.74, 6) is 0. The maximum absolute atomic E-state index is 12.3. The molecule has 2 atom stereocenters. The molecule has 0 aliphatic heterocycles. The Hall–Kier alpha value is -0.980. The predicted molar refractivity (Wildman–Crippen MR) is 71.5 cm³/mol. The van der Waals surface area contributed by atoms with Crippen molar-refractivity contribution in [3.05, 3.63) is 0 Å². The van der Waals surface area contributed by atoms with Gasteiger partial charge in [-0.05, 0) is 33.6 Å². The first kappa shape index (κ1) is 17.1. The van der Waals surface area contributed by atoms with Gasteiger partial charge in [-0.2, -0.15) is 13.2 Å². The van der Waals surface area contributed by atoms with E-state index in [-0.39, 0.29) is 23.7 Å². The number of carbonyl (C=O) groups excluding carboxylic acids is 1. The molecule has 1 fully saturated rings. The molecule has 4 nitrogen and oxygen atoms in total. The van der Waals surface area contributed by atoms with Crippen LogP contribution >= 0.6 is 0 Å². The monoisotopic (exact) mass is 295 g/mol. The summed E-state index contributed by atoms with van der Waals surface area (Å²) in [6.07, 6.45) is -1.07. The van der Waals surface area contributed by atoms with E-state index in [1.165, 1.54) is 0 Å². The van der Waals surface area contributed by atoms with E-state index in [1.807, 2.05) is 20.8 Å². The maximum Gasteiger partial charge on any atom is 0.401 e. The minimum atomic E-state index is -4.23. The Morgan fingerprint density at radius 1 is 1.10 bits per heavy atom. The van der Waals surface area contributed by atoms with Crippen molar-refractivity contribution in [1.29, 1.82) is 0 Å². The van der Waals surface area contributed by atoms with Gasteiger partial charge in [-0.25, -0.2) is 4.79 Å². The van der Waals surface area contributed by atoms with Gasteiger partial charge in [-0.15, -0.1) is 0 Å². The van der Waals surface area contributed by atoms with Gasteiger partial charge < -0.3 is 16.0 Å². The van der Waals surface area contributed by atoms with Crippen molar-refractivity contribution in [2.45, 2.75) is 70.3 Å². The molecule has 1 aliphatic rings. The number of alkyl halides is 3. The quantitative estimate of drug-likeness (QED) is 0.749. The number of nitrogens with one attached hydrogen (secondary N) is 3. The third-order valence-electron chi connectivity index (χ3n) is 3.14. The first-order valence-corrected chi connectivity index (χ1v) is 6.96. The molecule has 0 radical (unpaired) electrons. The minimum absolute atomic E-state index is 0.256. The van der Waals surface area contributed by atoms with Gasteiger partial charge in [0.2, 0.25) is 0 Å². The van der Waals surface area contributed by atoms with Crippen LogP contribution in [0.25, 0.3) is 0 Å². The highest BCUT2D eigenvalue weighted by Crippen LogP contribution is 2.20. The Balaban J connectivity index is 2.49. The van der Waals surface area contributed by atoms with Crippen molar-refractivity contribution in [3.63, 3.8) is 0 Å². The van der Waals surface area contributed by atoms with E-state index < -0.39 is 12.7 Å². The zero-order valence-corrected chi connectivity index (χ0v) is 12.2. The Morgan fingerprint density at radius 2 is 1.65 bits per heavy atom. The lowest BCUT2D eigenvalue weighted by Gasteiger charge is -2.34. The fraction of sp³-hybridized carbons (Fsp3) is 0.923. The fourth-order valence-corrected chi connectivity index (χ4v) is 2.34. The van der Waals surface area contributed by atoms with Gasteiger partial charge in [0.15, 0.2) is 0 Å². The number of urea groups is 1. The van der Waals surface area contributed by atoms with Gasteiger partial charge in [0.05, 0.1) is 6.54 Å². The summed E-state index contributed by atoms with van der Waals surface area (Å²) in [5.41, 5.74) is -0.367. The van der Waals surface area contributed by atoms with Crippen LogP contribution < -0.4 is 16.0 Å². The van der Waals surface area contributed by atoms with Crippen LogP contribution in [0.15, 0.2) is 0 Å². The molecule has 0 aromatic heterocycles. The number of amides is 2. The molecule has 0 bridgehead atoms. The molecule has 0 saturated heterocycles. The Labute approximate surface area is 117 Å². The third-order valence-corrected chi connectivity index (χ3v) is 3.14. The van der Waals surface area contributed by atoms with Crippen molar-refractivity contribution < 1.29 is 18.0 Å². The van der Waals surface area contributed by atoms with E-state index in [0.717, 1.165) is 12.8 Å². The van der Waals surface area contributed by atoms with Crippen LogP contribution in [-0.2, 0) is 0 Å². The Morgan fingerprint density at radius 3 is 2.15 bits per heavy atom. The van der Waals surface area contributed by atoms with Gasteiger partial charge in [0.25, 0.3) is 0 Å². The van der Waals surface area contributed by atoms with Crippen molar-refractivity contribution >= 4 is 6.03 Å². The van der Waals surface area contributed by atoms with Gasteiger partial charge >= 0.3 is 12.2 Å². The summed E-state index contributed by atoms with van der Waals surface area (Å²) in [4.78, 5) is 11.8. The summed E-state index contributed by atoms with van der Waals surface area (Å²) < 4.78 is 36.8. The normalized spacial score (nSPS) is 24.3. The summed E-state index contributed by atoms with van der Waals surface area (Å²) >= 11 is 0. The van der Waals surface area contributed by atoms with Crippen LogP contribution in [0.4, 0.5) is 18.0 Å². The van der Waals surface area contributed by atoms with Crippen LogP contribution in [0.2, 0.25) is 0 Å². The lowest BCUT2D eigenvalue weighted by atomic mass is 9.90. The van der Waals surface area contributed by atoms with Crippen LogP contribution in [0.1, 0.15) is 46.5 Å². The van der Waals surface area contributed by atoms with Crippen molar-refractivity contribution in [2.75, 3.05) is 6.54 Å². The number of rotatable bonds is 3. The second-order valence-corrected chi connectivity index (χ2v) is 6.34. The van der Waals surface area contributed by atoms with Gasteiger partial charge in [-0.1, -0.05) is 12.8 Å². The van der Waals surface area contributed by atoms with E-state index in [0.29, 0.717) is 12.8 Å². The topological polar surface area (TPSA) is 53.2 Å². The second-order valence-electron chi connectivity index (χ2n) is 6.34. The molecule has 1 unspecified atom stereocenters. The van der Waals surface area contributed by atoms with Crippen molar-refractivity contribution in [2.24, 2.45) is 0 Å². The maximum atomic E-state index is 12.3. The standard InChI is InChI=1S/C13H24F3N3O/c1-12(2,3)19-11(20)18-10-7-5-4-6-9(10)17-8-13(14,15)16/h9-10,17H,4-8H2,1-3H3,(H2,18,19,20)/t9-,10?/m1/s1. The molecule has 0 aromatic carbocycles. The number of hydrogen-bond acceptors (Lipinski definition) is 2. The first-order chi connectivity index (χ1) is 9.07. The van der Waals surface area contributed by atoms with Crippen LogP contribution in [-0.4, -0.2) is 36.4 Å². The Bertz CT molecular complexity index is 326. The highest BCUT2D eigenvalue weighted by molar-refractivity contribution is 5.75. The predicted octanol–water partition coefficient (Wildman–Crippen LogP) is 2.55. The fourth-order valence-electron chi connectivity index (χ4n) is 2.34. The molecular formula is C13H24F3N3O. The van der Waals surface area contributed by atoms with E-state index >= 15 is 0 Å². The lowest BCUT2D eigenvalue weighted by molar-refractivity contribution is -0.126. The summed E-state index contributed by atoms with van der Waals surface area (Å²) in [5, 5.41) is 8.05. The Kier molecular flexibility index (Phi) is 5.68. The molecule has 0 heterocycles. The SMILES string of the molecule is CC(C)(C)NC(=O)NC1CCCC[C@H]1NCC(F)(F)F. The van der Waals surface area contributed by atoms with E-state index in [2.05, 4.69) is 16.0 Å². The minimum Gasteiger partial charge on any atom is -0.334 e. The molecule has 0 aromatic rings. The average molecular weight is 295 g/mol. The second kappa shape index (κ2) is 6.65. The number of carbonyl (C=O) groups is 1. The van der Waals surface area contributed by atoms with Gasteiger partial charge in [-0.3, -0.25) is 0 Å². The van der Waals surface area contributed by atoms with E-state index in [9.17, 15) is 18.0 Å². The first-order valence-electron chi connectivity index (χ1n) is 6.96. The average Bonchev–Trinajstić information content (AvgIpc) is 2.24. The molecule has 1 rings (SSSR count). The summed E-state index contributed by atoms with van der Waals surface area (Å²) in [6.45, 7) is 4.54. The zero-order valence-electron chi connectivity index (χ0n) is 12.2. The highest BCUT2D eigenvalue weighted by atomic mass is 19.4. The number of halogens is 3. The molecule has 118 valence electrons. The number of hydrogen-bond donors (Lipinski definition) is 3. The van der Waals surface area contributed by atoms with E-state index in [1.54, 1.807) is 0 Å². The smallest absolute Gasteiger partial charge is 0.334 e. The zero-order chi connectivity index (χ0) is 15.4. The molecule has 7 heteroatoms. The third kappa shape index (κ3) is 6.98. The van der Waals surface area contributed by atoms with Gasteiger partial charge in [0, 0.05) is 17.6 Å². The van der Waals surface area contributed by atoms with Crippen LogP contribution in [0.5, 0.6) is 0 Å². The van der Waals surface area contributed by atoms with E-state index in [4.69, 9.17) is 0 Å². The molecule has 0 spiro atoms. The summed E-state index contributed by atoms with van der Waals surface area (Å²) in [6, 6.07) is -0.909. The molecule has 3 N–H and O–H groups in total. The summed E-state index contributed by atoms with van der Waals surface area (Å²) in [7, 11) is 0. The molecule has 1 saturated carbocycles. The van der Waals surface area contributed by atoms with Crippen molar-refractivity contribution in [3.8, 4) is 0 Å². The molecule has 20 heavy (non-hydrogen) atoms. The largest absolute Gasteiger partial charge is 0.401 e. The highest BCUT2D eigenvalue weighted by Gasteiger charge is 2.32. The van der Waals surface area contributed by atoms with Crippen LogP contribution in [0.3, 0.4) is 0 Å². The molecule has 2 amide bonds. The molecule has 1 aliphatic carbocycles. The van der Waals surface area contributed by atoms with Crippen molar-refractivity contribution in [1.82, 2.24) is 16.0 Å². The van der Waals surface area contributed by atoms with Gasteiger partial charge in [0.1, 0.15) is 0 Å².